The molecule has 1 amide bonds. The minimum atomic E-state index is -0.143. The summed E-state index contributed by atoms with van der Waals surface area (Å²) in [5.74, 6) is -0.143. The van der Waals surface area contributed by atoms with Crippen molar-refractivity contribution in [2.45, 2.75) is 39.7 Å². The second kappa shape index (κ2) is 5.31. The quantitative estimate of drug-likeness (QED) is 0.823. The van der Waals surface area contributed by atoms with E-state index in [1.165, 1.54) is 0 Å². The second-order valence-corrected chi connectivity index (χ2v) is 5.68. The van der Waals surface area contributed by atoms with Gasteiger partial charge in [-0.15, -0.1) is 0 Å². The molecule has 1 aromatic heterocycles. The topological polar surface area (TPSA) is 93.8 Å². The lowest BCUT2D eigenvalue weighted by Crippen LogP contribution is -2.31. The van der Waals surface area contributed by atoms with Gasteiger partial charge in [-0.25, -0.2) is 0 Å². The summed E-state index contributed by atoms with van der Waals surface area (Å²) in [5, 5.41) is 10.0. The molecule has 16 heavy (non-hydrogen) atoms. The van der Waals surface area contributed by atoms with Crippen LogP contribution in [-0.2, 0) is 4.79 Å². The Morgan fingerprint density at radius 3 is 2.75 bits per heavy atom. The van der Waals surface area contributed by atoms with Crippen molar-refractivity contribution in [2.24, 2.45) is 11.1 Å². The predicted octanol–water partition coefficient (Wildman–Crippen LogP) is 1.03. The molecular weight excluding hydrogens is 226 g/mol. The Bertz CT molecular complexity index is 332. The van der Waals surface area contributed by atoms with E-state index in [4.69, 9.17) is 5.73 Å². The zero-order valence-corrected chi connectivity index (χ0v) is 10.5. The van der Waals surface area contributed by atoms with Crippen molar-refractivity contribution in [3.05, 3.63) is 0 Å². The van der Waals surface area contributed by atoms with Crippen molar-refractivity contribution in [3.63, 3.8) is 0 Å². The van der Waals surface area contributed by atoms with Gasteiger partial charge < -0.3 is 5.73 Å². The first-order chi connectivity index (χ1) is 7.37. The largest absolute Gasteiger partial charge is 0.327 e. The molecule has 1 aromatic rings. The molecule has 0 aliphatic heterocycles. The lowest BCUT2D eigenvalue weighted by atomic mass is 9.87. The molecule has 90 valence electrons. The minimum absolute atomic E-state index is 0.129. The highest BCUT2D eigenvalue weighted by Crippen LogP contribution is 2.21. The summed E-state index contributed by atoms with van der Waals surface area (Å²) in [7, 11) is 0. The number of anilines is 1. The highest BCUT2D eigenvalue weighted by molar-refractivity contribution is 7.09. The maximum absolute atomic E-state index is 11.5. The van der Waals surface area contributed by atoms with E-state index < -0.39 is 0 Å². The highest BCUT2D eigenvalue weighted by atomic mass is 32.1. The fourth-order valence-electron chi connectivity index (χ4n) is 1.45. The van der Waals surface area contributed by atoms with Crippen LogP contribution < -0.4 is 11.1 Å². The molecule has 0 spiro atoms. The van der Waals surface area contributed by atoms with Crippen LogP contribution in [0.15, 0.2) is 0 Å². The van der Waals surface area contributed by atoms with Gasteiger partial charge in [0.2, 0.25) is 11.0 Å². The van der Waals surface area contributed by atoms with E-state index in [0.29, 0.717) is 5.13 Å². The smallest absolute Gasteiger partial charge is 0.231 e. The van der Waals surface area contributed by atoms with Crippen LogP contribution in [0.4, 0.5) is 5.13 Å². The van der Waals surface area contributed by atoms with Crippen molar-refractivity contribution in [3.8, 4) is 0 Å². The Labute approximate surface area is 98.8 Å². The van der Waals surface area contributed by atoms with Gasteiger partial charge in [0, 0.05) is 24.0 Å². The molecule has 3 N–H and O–H groups in total. The monoisotopic (exact) mass is 243 g/mol. The summed E-state index contributed by atoms with van der Waals surface area (Å²) < 4.78 is 3.55. The van der Waals surface area contributed by atoms with Gasteiger partial charge in [-0.3, -0.25) is 10.1 Å². The summed E-state index contributed by atoms with van der Waals surface area (Å²) in [6, 6.07) is -0.138. The van der Waals surface area contributed by atoms with E-state index in [-0.39, 0.29) is 23.8 Å². The van der Waals surface area contributed by atoms with Gasteiger partial charge in [0.25, 0.3) is 0 Å². The zero-order valence-electron chi connectivity index (χ0n) is 9.73. The van der Waals surface area contributed by atoms with Crippen LogP contribution in [-0.4, -0.2) is 26.7 Å². The fraction of sp³-hybridized carbons (Fsp3) is 0.778. The summed E-state index contributed by atoms with van der Waals surface area (Å²) in [6.45, 7) is 6.29. The first kappa shape index (κ1) is 13.0. The number of rotatable bonds is 4. The molecule has 0 saturated carbocycles. The molecule has 7 heteroatoms. The molecule has 1 rings (SSSR count). The number of aromatic nitrogens is 3. The van der Waals surface area contributed by atoms with Crippen molar-refractivity contribution in [1.29, 1.82) is 0 Å². The number of nitrogens with two attached hydrogens (primary N) is 1. The van der Waals surface area contributed by atoms with Crippen molar-refractivity contribution < 1.29 is 4.79 Å². The van der Waals surface area contributed by atoms with Crippen molar-refractivity contribution in [2.75, 3.05) is 5.32 Å². The number of nitrogens with zero attached hydrogens (tertiary/aromatic N) is 3. The SMILES string of the molecule is CC(C)(C)CC(N)CC(=O)Nc1nnns1. The number of hydrogen-bond acceptors (Lipinski definition) is 6. The van der Waals surface area contributed by atoms with E-state index in [1.54, 1.807) is 0 Å². The molecule has 0 aromatic carbocycles. The van der Waals surface area contributed by atoms with E-state index in [9.17, 15) is 4.79 Å². The Hall–Kier alpha value is -1.08. The molecule has 1 unspecified atom stereocenters. The van der Waals surface area contributed by atoms with E-state index in [2.05, 4.69) is 40.9 Å². The van der Waals surface area contributed by atoms with Crippen molar-refractivity contribution in [1.82, 2.24) is 14.8 Å². The first-order valence-electron chi connectivity index (χ1n) is 5.07. The summed E-state index contributed by atoms with van der Waals surface area (Å²) >= 11 is 1.05. The number of carbonyl (C=O) groups excluding carboxylic acids is 1. The van der Waals surface area contributed by atoms with Crippen LogP contribution >= 0.6 is 11.5 Å². The second-order valence-electron chi connectivity index (χ2n) is 4.94. The normalized spacial score (nSPS) is 13.5. The third kappa shape index (κ3) is 5.13. The van der Waals surface area contributed by atoms with Crippen LogP contribution in [0.2, 0.25) is 0 Å². The van der Waals surface area contributed by atoms with Gasteiger partial charge >= 0.3 is 0 Å². The average molecular weight is 243 g/mol. The zero-order chi connectivity index (χ0) is 12.2. The van der Waals surface area contributed by atoms with Gasteiger partial charge in [0.15, 0.2) is 0 Å². The lowest BCUT2D eigenvalue weighted by Gasteiger charge is -2.22. The summed E-state index contributed by atoms with van der Waals surface area (Å²) in [5.41, 5.74) is 6.01. The number of carbonyl (C=O) groups is 1. The Morgan fingerprint density at radius 2 is 2.25 bits per heavy atom. The van der Waals surface area contributed by atoms with E-state index in [1.807, 2.05) is 0 Å². The first-order valence-corrected chi connectivity index (χ1v) is 5.84. The third-order valence-electron chi connectivity index (χ3n) is 1.87. The summed E-state index contributed by atoms with van der Waals surface area (Å²) in [4.78, 5) is 11.5. The van der Waals surface area contributed by atoms with Crippen LogP contribution in [0.1, 0.15) is 33.6 Å². The maximum atomic E-state index is 11.5. The fourth-order valence-corrected chi connectivity index (χ4v) is 1.83. The highest BCUT2D eigenvalue weighted by Gasteiger charge is 2.18. The van der Waals surface area contributed by atoms with Gasteiger partial charge in [-0.2, -0.15) is 0 Å². The Morgan fingerprint density at radius 1 is 1.56 bits per heavy atom. The average Bonchev–Trinajstić information content (AvgIpc) is 2.51. The molecule has 0 bridgehead atoms. The van der Waals surface area contributed by atoms with E-state index in [0.717, 1.165) is 18.0 Å². The van der Waals surface area contributed by atoms with Crippen LogP contribution in [0.5, 0.6) is 0 Å². The molecule has 0 saturated heterocycles. The number of nitrogens with one attached hydrogen (secondary N) is 1. The van der Waals surface area contributed by atoms with Crippen molar-refractivity contribution >= 4 is 22.6 Å². The standard InChI is InChI=1S/C9H17N5OS/c1-9(2,3)5-6(10)4-7(15)11-8-12-13-14-16-8/h6H,4-5,10H2,1-3H3,(H,11,12,14,15). The molecular formula is C9H17N5OS. The number of amides is 1. The van der Waals surface area contributed by atoms with Gasteiger partial charge in [-0.05, 0) is 17.0 Å². The molecule has 1 atom stereocenters. The summed E-state index contributed by atoms with van der Waals surface area (Å²) in [6.07, 6.45) is 1.09. The molecule has 0 radical (unpaired) electrons. The molecule has 0 fully saturated rings. The molecule has 6 nitrogen and oxygen atoms in total. The van der Waals surface area contributed by atoms with E-state index >= 15 is 0 Å². The molecule has 0 aliphatic carbocycles. The number of hydrogen-bond donors (Lipinski definition) is 2. The van der Waals surface area contributed by atoms with Gasteiger partial charge in [0.05, 0.1) is 0 Å². The lowest BCUT2D eigenvalue weighted by molar-refractivity contribution is -0.116. The van der Waals surface area contributed by atoms with Crippen LogP contribution in [0.25, 0.3) is 0 Å². The maximum Gasteiger partial charge on any atom is 0.231 e. The van der Waals surface area contributed by atoms with Crippen LogP contribution in [0.3, 0.4) is 0 Å². The Kier molecular flexibility index (Phi) is 4.31. The Balaban J connectivity index is 2.34. The van der Waals surface area contributed by atoms with Crippen LogP contribution in [0, 0.1) is 5.41 Å². The minimum Gasteiger partial charge on any atom is -0.327 e. The predicted molar refractivity (Wildman–Crippen MR) is 63.0 cm³/mol. The molecule has 0 aliphatic rings. The van der Waals surface area contributed by atoms with Gasteiger partial charge in [0.1, 0.15) is 0 Å². The van der Waals surface area contributed by atoms with Gasteiger partial charge in [-0.1, -0.05) is 30.4 Å². The third-order valence-corrected chi connectivity index (χ3v) is 2.38. The molecule has 1 heterocycles.